The van der Waals surface area contributed by atoms with E-state index in [1.807, 2.05) is 17.9 Å². The molecule has 3 aromatic heterocycles. The Hall–Kier alpha value is -4.26. The van der Waals surface area contributed by atoms with Gasteiger partial charge in [0.15, 0.2) is 23.0 Å². The van der Waals surface area contributed by atoms with Crippen molar-refractivity contribution in [1.82, 2.24) is 24.1 Å². The molecule has 0 aliphatic carbocycles. The Balaban J connectivity index is 1.76. The number of para-hydroxylation sites is 1. The lowest BCUT2D eigenvalue weighted by molar-refractivity contribution is 0.300. The average molecular weight is 430 g/mol. The molecular formula is C22H19FN8O. The summed E-state index contributed by atoms with van der Waals surface area (Å²) < 4.78 is 17.1. The average Bonchev–Trinajstić information content (AvgIpc) is 3.13. The molecule has 9 nitrogen and oxygen atoms in total. The molecule has 0 amide bonds. The van der Waals surface area contributed by atoms with Crippen LogP contribution in [0.15, 0.2) is 47.4 Å². The molecule has 1 fully saturated rings. The van der Waals surface area contributed by atoms with Crippen LogP contribution in [0.1, 0.15) is 30.0 Å². The monoisotopic (exact) mass is 430 g/mol. The Morgan fingerprint density at radius 2 is 1.97 bits per heavy atom. The molecule has 0 radical (unpaired) electrons. The third kappa shape index (κ3) is 2.82. The molecule has 0 saturated carbocycles. The van der Waals surface area contributed by atoms with Crippen molar-refractivity contribution in [3.63, 3.8) is 0 Å². The van der Waals surface area contributed by atoms with Crippen LogP contribution in [0, 0.1) is 30.0 Å². The van der Waals surface area contributed by atoms with Crippen molar-refractivity contribution in [2.24, 2.45) is 5.92 Å². The zero-order chi connectivity index (χ0) is 22.6. The number of anilines is 2. The molecule has 160 valence electrons. The van der Waals surface area contributed by atoms with E-state index in [4.69, 9.17) is 5.73 Å². The van der Waals surface area contributed by atoms with Crippen molar-refractivity contribution < 1.29 is 4.39 Å². The van der Waals surface area contributed by atoms with Gasteiger partial charge in [-0.25, -0.2) is 13.9 Å². The smallest absolute Gasteiger partial charge is 0.285 e. The van der Waals surface area contributed by atoms with Gasteiger partial charge < -0.3 is 10.6 Å². The van der Waals surface area contributed by atoms with Crippen molar-refractivity contribution in [1.29, 1.82) is 5.26 Å². The minimum Gasteiger partial charge on any atom is -0.368 e. The molecule has 10 heteroatoms. The van der Waals surface area contributed by atoms with Crippen LogP contribution in [-0.4, -0.2) is 30.7 Å². The number of hydrogen-bond donors (Lipinski definition) is 1. The van der Waals surface area contributed by atoms with Gasteiger partial charge in [0, 0.05) is 18.7 Å². The summed E-state index contributed by atoms with van der Waals surface area (Å²) in [7, 11) is 0. The fraction of sp³-hybridized carbons (Fsp3) is 0.227. The first-order chi connectivity index (χ1) is 15.4. The number of benzene rings is 1. The SMILES string of the molecule is Cc1nc(N)nc(N2CC(C)C2c2nn3ccc(F)c3c(=O)n2-c2ccccc2)c1C#N. The number of hydrogen-bond acceptors (Lipinski definition) is 7. The fourth-order valence-electron chi connectivity index (χ4n) is 4.29. The molecule has 5 rings (SSSR count). The van der Waals surface area contributed by atoms with E-state index in [0.717, 1.165) is 0 Å². The van der Waals surface area contributed by atoms with E-state index in [9.17, 15) is 14.4 Å². The van der Waals surface area contributed by atoms with Gasteiger partial charge in [0.1, 0.15) is 11.6 Å². The third-order valence-corrected chi connectivity index (χ3v) is 5.77. The quantitative estimate of drug-likeness (QED) is 0.530. The van der Waals surface area contributed by atoms with Crippen molar-refractivity contribution in [2.45, 2.75) is 19.9 Å². The first-order valence-corrected chi connectivity index (χ1v) is 10.1. The van der Waals surface area contributed by atoms with Crippen LogP contribution in [0.2, 0.25) is 0 Å². The molecule has 2 atom stereocenters. The van der Waals surface area contributed by atoms with Gasteiger partial charge in [-0.15, -0.1) is 0 Å². The zero-order valence-corrected chi connectivity index (χ0v) is 17.4. The molecule has 0 spiro atoms. The van der Waals surface area contributed by atoms with Gasteiger partial charge in [-0.05, 0) is 25.1 Å². The lowest BCUT2D eigenvalue weighted by atomic mass is 9.88. The first kappa shape index (κ1) is 19.7. The van der Waals surface area contributed by atoms with Crippen molar-refractivity contribution in [3.8, 4) is 11.8 Å². The number of aryl methyl sites for hydroxylation is 1. The van der Waals surface area contributed by atoms with Crippen molar-refractivity contribution >= 4 is 17.3 Å². The first-order valence-electron chi connectivity index (χ1n) is 10.1. The molecule has 32 heavy (non-hydrogen) atoms. The molecule has 1 saturated heterocycles. The van der Waals surface area contributed by atoms with E-state index < -0.39 is 17.4 Å². The number of rotatable bonds is 3. The zero-order valence-electron chi connectivity index (χ0n) is 17.4. The highest BCUT2D eigenvalue weighted by Crippen LogP contribution is 2.42. The molecule has 4 heterocycles. The predicted octanol–water partition coefficient (Wildman–Crippen LogP) is 2.37. The number of halogens is 1. The molecule has 2 unspecified atom stereocenters. The topological polar surface area (TPSA) is 118 Å². The maximum Gasteiger partial charge on any atom is 0.285 e. The summed E-state index contributed by atoms with van der Waals surface area (Å²) in [5.41, 5.74) is 6.59. The van der Waals surface area contributed by atoms with E-state index in [1.54, 1.807) is 31.2 Å². The van der Waals surface area contributed by atoms with E-state index in [2.05, 4.69) is 21.1 Å². The van der Waals surface area contributed by atoms with Crippen LogP contribution in [-0.2, 0) is 0 Å². The molecule has 0 bridgehead atoms. The van der Waals surface area contributed by atoms with Crippen LogP contribution in [0.5, 0.6) is 0 Å². The summed E-state index contributed by atoms with van der Waals surface area (Å²) in [5.74, 6) is 0.321. The van der Waals surface area contributed by atoms with Crippen molar-refractivity contribution in [2.75, 3.05) is 17.2 Å². The van der Waals surface area contributed by atoms with E-state index in [1.165, 1.54) is 21.3 Å². The van der Waals surface area contributed by atoms with E-state index in [-0.39, 0.29) is 17.4 Å². The Morgan fingerprint density at radius 1 is 1.22 bits per heavy atom. The number of nitrogens with two attached hydrogens (primary N) is 1. The summed E-state index contributed by atoms with van der Waals surface area (Å²) in [6, 6.07) is 12.0. The second-order valence-corrected chi connectivity index (χ2v) is 7.84. The van der Waals surface area contributed by atoms with Crippen molar-refractivity contribution in [3.05, 3.63) is 75.8 Å². The van der Waals surface area contributed by atoms with E-state index in [0.29, 0.717) is 35.1 Å². The number of nitrogen functional groups attached to an aromatic ring is 1. The molecule has 1 aromatic carbocycles. The highest BCUT2D eigenvalue weighted by molar-refractivity contribution is 5.61. The molecule has 1 aliphatic rings. The molecule has 4 aromatic rings. The third-order valence-electron chi connectivity index (χ3n) is 5.77. The second-order valence-electron chi connectivity index (χ2n) is 7.84. The van der Waals surface area contributed by atoms with Crippen LogP contribution < -0.4 is 16.2 Å². The second kappa shape index (κ2) is 7.16. The Bertz CT molecular complexity index is 1450. The Labute approximate surface area is 182 Å². The van der Waals surface area contributed by atoms with Gasteiger partial charge in [0.25, 0.3) is 5.56 Å². The van der Waals surface area contributed by atoms with Gasteiger partial charge in [-0.2, -0.15) is 15.3 Å². The standard InChI is InChI=1S/C22H19FN8O/c1-12-11-29(19-15(10-24)13(2)26-22(25)27-19)17(12)20-28-30-9-8-16(23)18(30)21(32)31(20)14-6-4-3-5-7-14/h3-9,12,17H,11H2,1-2H3,(H2,25,26,27). The summed E-state index contributed by atoms with van der Waals surface area (Å²) >= 11 is 0. The summed E-state index contributed by atoms with van der Waals surface area (Å²) in [4.78, 5) is 23.7. The summed E-state index contributed by atoms with van der Waals surface area (Å²) in [6.45, 7) is 4.30. The van der Waals surface area contributed by atoms with Gasteiger partial charge >= 0.3 is 0 Å². The number of nitriles is 1. The largest absolute Gasteiger partial charge is 0.368 e. The van der Waals surface area contributed by atoms with Gasteiger partial charge in [-0.1, -0.05) is 25.1 Å². The highest BCUT2D eigenvalue weighted by Gasteiger charge is 2.43. The van der Waals surface area contributed by atoms with Crippen LogP contribution in [0.25, 0.3) is 11.2 Å². The molecule has 1 aliphatic heterocycles. The molecular weight excluding hydrogens is 411 g/mol. The summed E-state index contributed by atoms with van der Waals surface area (Å²) in [5, 5.41) is 14.3. The van der Waals surface area contributed by atoms with Crippen LogP contribution in [0.4, 0.5) is 16.2 Å². The summed E-state index contributed by atoms with van der Waals surface area (Å²) in [6.07, 6.45) is 1.42. The number of nitrogens with zero attached hydrogens (tertiary/aromatic N) is 7. The highest BCUT2D eigenvalue weighted by atomic mass is 19.1. The lowest BCUT2D eigenvalue weighted by Crippen LogP contribution is -2.52. The normalized spacial score (nSPS) is 17.9. The predicted molar refractivity (Wildman–Crippen MR) is 116 cm³/mol. The number of fused-ring (bicyclic) bond motifs is 1. The van der Waals surface area contributed by atoms with Crippen LogP contribution in [0.3, 0.4) is 0 Å². The van der Waals surface area contributed by atoms with E-state index >= 15 is 0 Å². The Kier molecular flexibility index (Phi) is 4.41. The minimum atomic E-state index is -0.636. The van der Waals surface area contributed by atoms with Gasteiger partial charge in [0.2, 0.25) is 5.95 Å². The lowest BCUT2D eigenvalue weighted by Gasteiger charge is -2.47. The molecule has 2 N–H and O–H groups in total. The van der Waals surface area contributed by atoms with Crippen LogP contribution >= 0.6 is 0 Å². The Morgan fingerprint density at radius 3 is 2.66 bits per heavy atom. The maximum absolute atomic E-state index is 14.4. The maximum atomic E-state index is 14.4. The van der Waals surface area contributed by atoms with Gasteiger partial charge in [0.05, 0.1) is 17.4 Å². The van der Waals surface area contributed by atoms with Gasteiger partial charge in [-0.3, -0.25) is 9.36 Å². The fourth-order valence-corrected chi connectivity index (χ4v) is 4.29. The number of aromatic nitrogens is 5. The minimum absolute atomic E-state index is 0.0612.